The zero-order valence-electron chi connectivity index (χ0n) is 15.7. The van der Waals surface area contributed by atoms with Gasteiger partial charge in [-0.3, -0.25) is 15.0 Å². The minimum absolute atomic E-state index is 0.0135. The number of nitrogens with zero attached hydrogens (tertiary/aromatic N) is 2. The molecule has 0 aromatic heterocycles. The SMILES string of the molecule is COc1cc2c(cc1OC)[C@@H](C)N(C[C@@H](O)c1cccc([N+](=O)[O-])c1)CC2. The fraction of sp³-hybridized carbons (Fsp3) is 0.400. The van der Waals surface area contributed by atoms with Crippen LogP contribution >= 0.6 is 0 Å². The average Bonchev–Trinajstić information content (AvgIpc) is 2.69. The highest BCUT2D eigenvalue weighted by Crippen LogP contribution is 2.38. The van der Waals surface area contributed by atoms with Gasteiger partial charge < -0.3 is 14.6 Å². The number of non-ortho nitro benzene ring substituents is 1. The van der Waals surface area contributed by atoms with Gasteiger partial charge in [0.15, 0.2) is 11.5 Å². The second kappa shape index (κ2) is 7.94. The molecule has 3 rings (SSSR count). The number of hydrogen-bond acceptors (Lipinski definition) is 6. The molecule has 0 saturated carbocycles. The Labute approximate surface area is 158 Å². The maximum Gasteiger partial charge on any atom is 0.269 e. The molecule has 0 aliphatic carbocycles. The van der Waals surface area contributed by atoms with Crippen LogP contribution in [-0.2, 0) is 6.42 Å². The van der Waals surface area contributed by atoms with Crippen LogP contribution in [0.2, 0.25) is 0 Å². The summed E-state index contributed by atoms with van der Waals surface area (Å²) in [4.78, 5) is 12.7. The number of benzene rings is 2. The van der Waals surface area contributed by atoms with Gasteiger partial charge in [-0.2, -0.15) is 0 Å². The number of β-amino-alcohol motifs (C(OH)–C–C–N with tert-alkyl or cyclic N) is 1. The second-order valence-electron chi connectivity index (χ2n) is 6.69. The van der Waals surface area contributed by atoms with Crippen LogP contribution in [-0.4, -0.2) is 42.2 Å². The highest BCUT2D eigenvalue weighted by Gasteiger charge is 2.28. The number of methoxy groups -OCH3 is 2. The first kappa shape index (κ1) is 19.1. The first-order valence-electron chi connectivity index (χ1n) is 8.85. The van der Waals surface area contributed by atoms with Crippen molar-refractivity contribution in [1.82, 2.24) is 4.90 Å². The van der Waals surface area contributed by atoms with E-state index in [2.05, 4.69) is 11.8 Å². The van der Waals surface area contributed by atoms with Crippen LogP contribution in [0.3, 0.4) is 0 Å². The Hall–Kier alpha value is -2.64. The van der Waals surface area contributed by atoms with Crippen LogP contribution in [0.1, 0.15) is 35.8 Å². The summed E-state index contributed by atoms with van der Waals surface area (Å²) in [6.07, 6.45) is 0.0378. The van der Waals surface area contributed by atoms with Crippen molar-refractivity contribution < 1.29 is 19.5 Å². The lowest BCUT2D eigenvalue weighted by molar-refractivity contribution is -0.385. The summed E-state index contributed by atoms with van der Waals surface area (Å²) >= 11 is 0. The van der Waals surface area contributed by atoms with Crippen LogP contribution in [0.15, 0.2) is 36.4 Å². The van der Waals surface area contributed by atoms with Gasteiger partial charge in [-0.25, -0.2) is 0 Å². The predicted octanol–water partition coefficient (Wildman–Crippen LogP) is 3.26. The van der Waals surface area contributed by atoms with E-state index in [1.807, 2.05) is 12.1 Å². The molecule has 1 aliphatic heterocycles. The minimum atomic E-state index is -0.797. The molecule has 144 valence electrons. The Balaban J connectivity index is 1.80. The number of nitro groups is 1. The number of rotatable bonds is 6. The van der Waals surface area contributed by atoms with Crippen LogP contribution < -0.4 is 9.47 Å². The fourth-order valence-electron chi connectivity index (χ4n) is 3.62. The molecule has 1 aliphatic rings. The van der Waals surface area contributed by atoms with E-state index in [1.165, 1.54) is 17.7 Å². The van der Waals surface area contributed by atoms with Crippen molar-refractivity contribution in [1.29, 1.82) is 0 Å². The number of nitro benzene ring substituents is 1. The molecule has 0 amide bonds. The van der Waals surface area contributed by atoms with Crippen molar-refractivity contribution in [2.45, 2.75) is 25.5 Å². The maximum atomic E-state index is 11.0. The first-order chi connectivity index (χ1) is 12.9. The van der Waals surface area contributed by atoms with E-state index >= 15 is 0 Å². The van der Waals surface area contributed by atoms with Crippen molar-refractivity contribution in [3.63, 3.8) is 0 Å². The fourth-order valence-corrected chi connectivity index (χ4v) is 3.62. The Morgan fingerprint density at radius 1 is 1.26 bits per heavy atom. The van der Waals surface area contributed by atoms with Crippen molar-refractivity contribution >= 4 is 5.69 Å². The summed E-state index contributed by atoms with van der Waals surface area (Å²) in [6.45, 7) is 3.27. The number of fused-ring (bicyclic) bond motifs is 1. The molecule has 0 bridgehead atoms. The summed E-state index contributed by atoms with van der Waals surface area (Å²) in [7, 11) is 3.24. The smallest absolute Gasteiger partial charge is 0.269 e. The topological polar surface area (TPSA) is 85.1 Å². The Kier molecular flexibility index (Phi) is 5.62. The zero-order valence-corrected chi connectivity index (χ0v) is 15.7. The third-order valence-electron chi connectivity index (χ3n) is 5.18. The van der Waals surface area contributed by atoms with E-state index in [0.29, 0.717) is 23.6 Å². The number of aliphatic hydroxyl groups is 1. The molecule has 0 spiro atoms. The molecular formula is C20H24N2O5. The van der Waals surface area contributed by atoms with Gasteiger partial charge in [0.25, 0.3) is 5.69 Å². The Bertz CT molecular complexity index is 839. The maximum absolute atomic E-state index is 11.0. The molecule has 7 nitrogen and oxygen atoms in total. The summed E-state index contributed by atoms with van der Waals surface area (Å²) in [5, 5.41) is 21.6. The average molecular weight is 372 g/mol. The van der Waals surface area contributed by atoms with Crippen molar-refractivity contribution in [2.75, 3.05) is 27.3 Å². The minimum Gasteiger partial charge on any atom is -0.493 e. The quantitative estimate of drug-likeness (QED) is 0.619. The van der Waals surface area contributed by atoms with Crippen LogP contribution in [0.5, 0.6) is 11.5 Å². The second-order valence-corrected chi connectivity index (χ2v) is 6.69. The van der Waals surface area contributed by atoms with Gasteiger partial charge in [0.05, 0.1) is 25.2 Å². The molecule has 1 heterocycles. The van der Waals surface area contributed by atoms with Gasteiger partial charge in [-0.05, 0) is 42.2 Å². The first-order valence-corrected chi connectivity index (χ1v) is 8.85. The molecule has 1 N–H and O–H groups in total. The summed E-state index contributed by atoms with van der Waals surface area (Å²) in [5.74, 6) is 1.40. The predicted molar refractivity (Wildman–Crippen MR) is 101 cm³/mol. The Morgan fingerprint density at radius 3 is 2.63 bits per heavy atom. The highest BCUT2D eigenvalue weighted by molar-refractivity contribution is 5.49. The number of ether oxygens (including phenoxy) is 2. The molecule has 27 heavy (non-hydrogen) atoms. The van der Waals surface area contributed by atoms with Crippen LogP contribution in [0.25, 0.3) is 0 Å². The monoisotopic (exact) mass is 372 g/mol. The third kappa shape index (κ3) is 3.89. The van der Waals surface area contributed by atoms with E-state index in [4.69, 9.17) is 9.47 Å². The standard InChI is InChI=1S/C20H24N2O5/c1-13-17-11-20(27-3)19(26-2)10-14(17)7-8-21(13)12-18(23)15-5-4-6-16(9-15)22(24)25/h4-6,9-11,13,18,23H,7-8,12H2,1-3H3/t13-,18-/m1/s1. The molecule has 2 aromatic carbocycles. The van der Waals surface area contributed by atoms with E-state index < -0.39 is 11.0 Å². The Morgan fingerprint density at radius 2 is 1.96 bits per heavy atom. The normalized spacial score (nSPS) is 17.9. The van der Waals surface area contributed by atoms with Gasteiger partial charge in [0.2, 0.25) is 0 Å². The number of hydrogen-bond donors (Lipinski definition) is 1. The van der Waals surface area contributed by atoms with Crippen LogP contribution in [0, 0.1) is 10.1 Å². The lowest BCUT2D eigenvalue weighted by Crippen LogP contribution is -2.37. The zero-order chi connectivity index (χ0) is 19.6. The molecule has 0 radical (unpaired) electrons. The summed E-state index contributed by atoms with van der Waals surface area (Å²) in [5.41, 5.74) is 2.89. The van der Waals surface area contributed by atoms with Crippen LogP contribution in [0.4, 0.5) is 5.69 Å². The third-order valence-corrected chi connectivity index (χ3v) is 5.18. The van der Waals surface area contributed by atoms with Gasteiger partial charge in [0.1, 0.15) is 0 Å². The van der Waals surface area contributed by atoms with Gasteiger partial charge in [0, 0.05) is 31.3 Å². The highest BCUT2D eigenvalue weighted by atomic mass is 16.6. The van der Waals surface area contributed by atoms with E-state index in [0.717, 1.165) is 18.5 Å². The molecule has 0 saturated heterocycles. The summed E-state index contributed by atoms with van der Waals surface area (Å²) in [6, 6.07) is 10.3. The molecule has 2 aromatic rings. The van der Waals surface area contributed by atoms with Crippen molar-refractivity contribution in [3.05, 3.63) is 63.2 Å². The lowest BCUT2D eigenvalue weighted by Gasteiger charge is -2.36. The largest absolute Gasteiger partial charge is 0.493 e. The molecule has 0 unspecified atom stereocenters. The molecular weight excluding hydrogens is 348 g/mol. The van der Waals surface area contributed by atoms with Gasteiger partial charge >= 0.3 is 0 Å². The van der Waals surface area contributed by atoms with E-state index in [1.54, 1.807) is 26.4 Å². The van der Waals surface area contributed by atoms with E-state index in [-0.39, 0.29) is 11.7 Å². The van der Waals surface area contributed by atoms with Crippen molar-refractivity contribution in [2.24, 2.45) is 0 Å². The molecule has 0 fully saturated rings. The molecule has 2 atom stereocenters. The van der Waals surface area contributed by atoms with E-state index in [9.17, 15) is 15.2 Å². The summed E-state index contributed by atoms with van der Waals surface area (Å²) < 4.78 is 10.8. The number of aliphatic hydroxyl groups excluding tert-OH is 1. The lowest BCUT2D eigenvalue weighted by atomic mass is 9.92. The molecule has 7 heteroatoms. The van der Waals surface area contributed by atoms with Crippen molar-refractivity contribution in [3.8, 4) is 11.5 Å². The van der Waals surface area contributed by atoms with Gasteiger partial charge in [-0.15, -0.1) is 0 Å². The van der Waals surface area contributed by atoms with Gasteiger partial charge in [-0.1, -0.05) is 12.1 Å².